The second kappa shape index (κ2) is 8.01. The molecule has 0 aromatic carbocycles. The van der Waals surface area contributed by atoms with Crippen LogP contribution in [0.2, 0.25) is 0 Å². The Hall–Kier alpha value is -1.53. The summed E-state index contributed by atoms with van der Waals surface area (Å²) in [5, 5.41) is 0. The SMILES string of the molecule is Cl.NC1C2CCCC1CC(C(=O)N1CCN(C(=O)c3ccco3)CC1)C2. The Labute approximate surface area is 160 Å². The molecule has 144 valence electrons. The lowest BCUT2D eigenvalue weighted by molar-refractivity contribution is -0.140. The number of piperazine rings is 1. The predicted molar refractivity (Wildman–Crippen MR) is 100.0 cm³/mol. The molecule has 2 saturated carbocycles. The second-order valence-electron chi connectivity index (χ2n) is 7.79. The van der Waals surface area contributed by atoms with Gasteiger partial charge in [-0.3, -0.25) is 9.59 Å². The van der Waals surface area contributed by atoms with Crippen molar-refractivity contribution >= 4 is 24.2 Å². The molecule has 2 unspecified atom stereocenters. The molecule has 0 radical (unpaired) electrons. The molecule has 7 heteroatoms. The van der Waals surface area contributed by atoms with Crippen LogP contribution in [-0.2, 0) is 4.79 Å². The van der Waals surface area contributed by atoms with Gasteiger partial charge in [0.05, 0.1) is 6.26 Å². The largest absolute Gasteiger partial charge is 0.459 e. The fourth-order valence-electron chi connectivity index (χ4n) is 4.93. The van der Waals surface area contributed by atoms with Crippen LogP contribution in [0.15, 0.2) is 22.8 Å². The molecule has 3 aliphatic rings. The third-order valence-electron chi connectivity index (χ3n) is 6.37. The van der Waals surface area contributed by atoms with Crippen molar-refractivity contribution in [3.8, 4) is 0 Å². The number of furan rings is 1. The van der Waals surface area contributed by atoms with E-state index < -0.39 is 0 Å². The van der Waals surface area contributed by atoms with Gasteiger partial charge >= 0.3 is 0 Å². The van der Waals surface area contributed by atoms with Gasteiger partial charge in [-0.1, -0.05) is 6.42 Å². The zero-order valence-corrected chi connectivity index (χ0v) is 15.8. The van der Waals surface area contributed by atoms with Crippen molar-refractivity contribution < 1.29 is 14.0 Å². The molecule has 0 spiro atoms. The van der Waals surface area contributed by atoms with E-state index in [1.807, 2.05) is 4.90 Å². The Kier molecular flexibility index (Phi) is 5.92. The number of fused-ring (bicyclic) bond motifs is 2. The van der Waals surface area contributed by atoms with Crippen LogP contribution < -0.4 is 5.73 Å². The highest BCUT2D eigenvalue weighted by Crippen LogP contribution is 2.42. The molecule has 2 atom stereocenters. The van der Waals surface area contributed by atoms with E-state index in [1.165, 1.54) is 25.5 Å². The molecule has 1 aromatic rings. The van der Waals surface area contributed by atoms with Crippen molar-refractivity contribution in [1.29, 1.82) is 0 Å². The Morgan fingerprint density at radius 2 is 1.65 bits per heavy atom. The number of nitrogens with zero attached hydrogens (tertiary/aromatic N) is 2. The molecule has 1 aromatic heterocycles. The van der Waals surface area contributed by atoms with E-state index in [-0.39, 0.29) is 30.1 Å². The molecule has 4 rings (SSSR count). The average Bonchev–Trinajstić information content (AvgIpc) is 3.15. The minimum Gasteiger partial charge on any atom is -0.459 e. The molecule has 2 bridgehead atoms. The first-order chi connectivity index (χ1) is 12.1. The number of carbonyl (C=O) groups excluding carboxylic acids is 2. The topological polar surface area (TPSA) is 79.8 Å². The summed E-state index contributed by atoms with van der Waals surface area (Å²) >= 11 is 0. The van der Waals surface area contributed by atoms with E-state index in [4.69, 9.17) is 10.2 Å². The van der Waals surface area contributed by atoms with E-state index in [0.717, 1.165) is 12.8 Å². The smallest absolute Gasteiger partial charge is 0.289 e. The minimum absolute atomic E-state index is 0. The Morgan fingerprint density at radius 1 is 1.04 bits per heavy atom. The molecule has 26 heavy (non-hydrogen) atoms. The Bertz CT molecular complexity index is 614. The van der Waals surface area contributed by atoms with Gasteiger partial charge in [-0.15, -0.1) is 12.4 Å². The first kappa shape index (κ1) is 19.2. The summed E-state index contributed by atoms with van der Waals surface area (Å²) in [5.41, 5.74) is 6.35. The fourth-order valence-corrected chi connectivity index (χ4v) is 4.93. The van der Waals surface area contributed by atoms with Crippen molar-refractivity contribution in [2.24, 2.45) is 23.5 Å². The Morgan fingerprint density at radius 3 is 2.23 bits per heavy atom. The quantitative estimate of drug-likeness (QED) is 0.851. The van der Waals surface area contributed by atoms with Crippen molar-refractivity contribution in [2.75, 3.05) is 26.2 Å². The minimum atomic E-state index is -0.0877. The number of rotatable bonds is 2. The van der Waals surface area contributed by atoms with Crippen LogP contribution in [0.25, 0.3) is 0 Å². The molecular formula is C19H28ClN3O3. The van der Waals surface area contributed by atoms with Crippen LogP contribution in [0.1, 0.15) is 42.7 Å². The van der Waals surface area contributed by atoms with E-state index >= 15 is 0 Å². The zero-order valence-electron chi connectivity index (χ0n) is 15.0. The maximum atomic E-state index is 13.0. The highest BCUT2D eigenvalue weighted by Gasteiger charge is 2.42. The maximum absolute atomic E-state index is 13.0. The van der Waals surface area contributed by atoms with Gasteiger partial charge in [0.1, 0.15) is 0 Å². The molecule has 2 N–H and O–H groups in total. The van der Waals surface area contributed by atoms with Crippen molar-refractivity contribution in [3.05, 3.63) is 24.2 Å². The standard InChI is InChI=1S/C19H27N3O3.ClH/c20-17-13-3-1-4-14(17)12-15(11-13)18(23)21-6-8-22(9-7-21)19(24)16-5-2-10-25-16;/h2,5,10,13-15,17H,1,3-4,6-9,11-12,20H2;1H. The van der Waals surface area contributed by atoms with Gasteiger partial charge in [0.25, 0.3) is 5.91 Å². The van der Waals surface area contributed by atoms with E-state index in [0.29, 0.717) is 49.8 Å². The fraction of sp³-hybridized carbons (Fsp3) is 0.684. The van der Waals surface area contributed by atoms with Crippen molar-refractivity contribution in [2.45, 2.75) is 38.1 Å². The number of hydrogen-bond donors (Lipinski definition) is 1. The molecule has 2 aliphatic carbocycles. The Balaban J connectivity index is 0.00000196. The van der Waals surface area contributed by atoms with Gasteiger partial charge in [0, 0.05) is 38.1 Å². The van der Waals surface area contributed by atoms with E-state index in [1.54, 1.807) is 17.0 Å². The number of amides is 2. The van der Waals surface area contributed by atoms with Gasteiger partial charge < -0.3 is 20.0 Å². The first-order valence-electron chi connectivity index (χ1n) is 9.50. The van der Waals surface area contributed by atoms with Gasteiger partial charge in [-0.25, -0.2) is 0 Å². The molecular weight excluding hydrogens is 354 g/mol. The molecule has 3 fully saturated rings. The van der Waals surface area contributed by atoms with Crippen LogP contribution >= 0.6 is 12.4 Å². The van der Waals surface area contributed by atoms with Crippen LogP contribution in [0.5, 0.6) is 0 Å². The van der Waals surface area contributed by atoms with Crippen molar-refractivity contribution in [3.63, 3.8) is 0 Å². The predicted octanol–water partition coefficient (Wildman–Crippen LogP) is 2.14. The summed E-state index contributed by atoms with van der Waals surface area (Å²) in [4.78, 5) is 29.0. The lowest BCUT2D eigenvalue weighted by Crippen LogP contribution is -2.54. The first-order valence-corrected chi connectivity index (χ1v) is 9.50. The molecule has 2 heterocycles. The summed E-state index contributed by atoms with van der Waals surface area (Å²) in [5.74, 6) is 1.71. The lowest BCUT2D eigenvalue weighted by atomic mass is 9.65. The normalized spacial score (nSPS) is 31.3. The van der Waals surface area contributed by atoms with Crippen LogP contribution in [0.3, 0.4) is 0 Å². The molecule has 6 nitrogen and oxygen atoms in total. The van der Waals surface area contributed by atoms with Gasteiger partial charge in [-0.05, 0) is 49.7 Å². The number of hydrogen-bond acceptors (Lipinski definition) is 4. The summed E-state index contributed by atoms with van der Waals surface area (Å²) in [6.07, 6.45) is 7.01. The highest BCUT2D eigenvalue weighted by atomic mass is 35.5. The van der Waals surface area contributed by atoms with E-state index in [9.17, 15) is 9.59 Å². The second-order valence-corrected chi connectivity index (χ2v) is 7.79. The lowest BCUT2D eigenvalue weighted by Gasteiger charge is -2.45. The molecule has 1 aliphatic heterocycles. The van der Waals surface area contributed by atoms with E-state index in [2.05, 4.69) is 0 Å². The van der Waals surface area contributed by atoms with Gasteiger partial charge in [0.15, 0.2) is 5.76 Å². The van der Waals surface area contributed by atoms with Crippen LogP contribution in [0.4, 0.5) is 0 Å². The number of nitrogens with two attached hydrogens (primary N) is 1. The summed E-state index contributed by atoms with van der Waals surface area (Å²) in [6, 6.07) is 3.70. The summed E-state index contributed by atoms with van der Waals surface area (Å²) < 4.78 is 5.19. The maximum Gasteiger partial charge on any atom is 0.289 e. The third kappa shape index (κ3) is 3.62. The van der Waals surface area contributed by atoms with Crippen LogP contribution in [-0.4, -0.2) is 53.8 Å². The van der Waals surface area contributed by atoms with Gasteiger partial charge in [-0.2, -0.15) is 0 Å². The molecule has 2 amide bonds. The monoisotopic (exact) mass is 381 g/mol. The van der Waals surface area contributed by atoms with Gasteiger partial charge in [0.2, 0.25) is 5.91 Å². The summed E-state index contributed by atoms with van der Waals surface area (Å²) in [7, 11) is 0. The molecule has 1 saturated heterocycles. The number of carbonyl (C=O) groups is 2. The summed E-state index contributed by atoms with van der Waals surface area (Å²) in [6.45, 7) is 2.38. The average molecular weight is 382 g/mol. The van der Waals surface area contributed by atoms with Crippen molar-refractivity contribution in [1.82, 2.24) is 9.80 Å². The third-order valence-corrected chi connectivity index (χ3v) is 6.37. The highest BCUT2D eigenvalue weighted by molar-refractivity contribution is 5.91. The van der Waals surface area contributed by atoms with Crippen LogP contribution in [0, 0.1) is 17.8 Å². The zero-order chi connectivity index (χ0) is 17.4. The number of halogens is 1.